The fourth-order valence-electron chi connectivity index (χ4n) is 3.43. The highest BCUT2D eigenvalue weighted by atomic mass is 79.9. The lowest BCUT2D eigenvalue weighted by Crippen LogP contribution is -2.42. The lowest BCUT2D eigenvalue weighted by molar-refractivity contribution is 0.146. The molecule has 0 spiro atoms. The Labute approximate surface area is 128 Å². The molecule has 2 saturated heterocycles. The van der Waals surface area contributed by atoms with E-state index in [1.54, 1.807) is 0 Å². The Hall–Kier alpha value is 0.400. The maximum Gasteiger partial charge on any atom is 0.0235 e. The first-order valence-corrected chi connectivity index (χ1v) is 9.15. The standard InChI is InChI=1S/C16H31BrN2/c1-16(2,3)14(11-17)12-18-10-7-15(13-18)19-8-5-4-6-9-19/h14-15H,4-13H2,1-3H3. The second kappa shape index (κ2) is 6.91. The quantitative estimate of drug-likeness (QED) is 0.726. The van der Waals surface area contributed by atoms with Crippen molar-refractivity contribution >= 4 is 15.9 Å². The van der Waals surface area contributed by atoms with E-state index in [9.17, 15) is 0 Å². The molecule has 2 unspecified atom stereocenters. The lowest BCUT2D eigenvalue weighted by Gasteiger charge is -2.34. The van der Waals surface area contributed by atoms with Crippen molar-refractivity contribution in [1.82, 2.24) is 9.80 Å². The van der Waals surface area contributed by atoms with Crippen LogP contribution in [0.2, 0.25) is 0 Å². The van der Waals surface area contributed by atoms with Crippen LogP contribution in [0.5, 0.6) is 0 Å². The highest BCUT2D eigenvalue weighted by Crippen LogP contribution is 2.30. The van der Waals surface area contributed by atoms with Gasteiger partial charge in [-0.3, -0.25) is 4.90 Å². The summed E-state index contributed by atoms with van der Waals surface area (Å²) in [5.41, 5.74) is 0.409. The van der Waals surface area contributed by atoms with Gasteiger partial charge < -0.3 is 4.90 Å². The number of hydrogen-bond donors (Lipinski definition) is 0. The van der Waals surface area contributed by atoms with Crippen molar-refractivity contribution in [3.8, 4) is 0 Å². The maximum atomic E-state index is 3.71. The minimum absolute atomic E-state index is 0.409. The third-order valence-electron chi connectivity index (χ3n) is 5.04. The largest absolute Gasteiger partial charge is 0.301 e. The molecule has 2 aliphatic heterocycles. The van der Waals surface area contributed by atoms with Gasteiger partial charge in [0.15, 0.2) is 0 Å². The third kappa shape index (κ3) is 4.44. The average molecular weight is 331 g/mol. The number of halogens is 1. The zero-order valence-electron chi connectivity index (χ0n) is 13.0. The van der Waals surface area contributed by atoms with Crippen molar-refractivity contribution in [2.24, 2.45) is 11.3 Å². The summed E-state index contributed by atoms with van der Waals surface area (Å²) in [6, 6.07) is 0.844. The Morgan fingerprint density at radius 2 is 1.79 bits per heavy atom. The molecule has 0 N–H and O–H groups in total. The van der Waals surface area contributed by atoms with Crippen LogP contribution in [-0.2, 0) is 0 Å². The normalized spacial score (nSPS) is 28.7. The number of alkyl halides is 1. The Morgan fingerprint density at radius 3 is 2.37 bits per heavy atom. The van der Waals surface area contributed by atoms with Gasteiger partial charge in [0.2, 0.25) is 0 Å². The first kappa shape index (κ1) is 15.8. The second-order valence-electron chi connectivity index (χ2n) is 7.52. The molecule has 2 aliphatic rings. The van der Waals surface area contributed by atoms with Crippen molar-refractivity contribution in [2.75, 3.05) is 38.1 Å². The first-order chi connectivity index (χ1) is 9.00. The van der Waals surface area contributed by atoms with Crippen LogP contribution >= 0.6 is 15.9 Å². The zero-order chi connectivity index (χ0) is 13.9. The van der Waals surface area contributed by atoms with E-state index in [-0.39, 0.29) is 0 Å². The summed E-state index contributed by atoms with van der Waals surface area (Å²) in [5, 5.41) is 1.13. The third-order valence-corrected chi connectivity index (χ3v) is 5.83. The summed E-state index contributed by atoms with van der Waals surface area (Å²) >= 11 is 3.71. The van der Waals surface area contributed by atoms with Crippen LogP contribution in [0.15, 0.2) is 0 Å². The number of hydrogen-bond acceptors (Lipinski definition) is 2. The summed E-state index contributed by atoms with van der Waals surface area (Å²) in [6.45, 7) is 13.7. The zero-order valence-corrected chi connectivity index (χ0v) is 14.6. The van der Waals surface area contributed by atoms with Gasteiger partial charge in [-0.1, -0.05) is 43.1 Å². The number of likely N-dealkylation sites (tertiary alicyclic amines) is 2. The molecule has 0 aromatic heterocycles. The monoisotopic (exact) mass is 330 g/mol. The number of piperidine rings is 1. The van der Waals surface area contributed by atoms with Gasteiger partial charge in [0.1, 0.15) is 0 Å². The molecule has 2 fully saturated rings. The molecule has 2 rings (SSSR count). The average Bonchev–Trinajstić information content (AvgIpc) is 2.84. The Balaban J connectivity index is 1.81. The van der Waals surface area contributed by atoms with Gasteiger partial charge in [0.05, 0.1) is 0 Å². The predicted octanol–water partition coefficient (Wildman–Crippen LogP) is 3.60. The Kier molecular flexibility index (Phi) is 5.74. The van der Waals surface area contributed by atoms with E-state index in [1.165, 1.54) is 58.4 Å². The lowest BCUT2D eigenvalue weighted by atomic mass is 9.82. The molecular formula is C16H31BrN2. The predicted molar refractivity (Wildman–Crippen MR) is 87.0 cm³/mol. The molecule has 3 heteroatoms. The van der Waals surface area contributed by atoms with Gasteiger partial charge in [0.25, 0.3) is 0 Å². The highest BCUT2D eigenvalue weighted by molar-refractivity contribution is 9.09. The molecule has 0 radical (unpaired) electrons. The van der Waals surface area contributed by atoms with E-state index in [0.717, 1.165) is 17.3 Å². The highest BCUT2D eigenvalue weighted by Gasteiger charge is 2.32. The van der Waals surface area contributed by atoms with Gasteiger partial charge in [0, 0.05) is 24.5 Å². The van der Waals surface area contributed by atoms with Gasteiger partial charge in [-0.05, 0) is 50.2 Å². The van der Waals surface area contributed by atoms with Crippen LogP contribution in [0.3, 0.4) is 0 Å². The molecule has 0 aliphatic carbocycles. The minimum atomic E-state index is 0.409. The number of rotatable bonds is 4. The molecule has 2 atom stereocenters. The molecule has 0 bridgehead atoms. The Bertz CT molecular complexity index is 268. The van der Waals surface area contributed by atoms with E-state index in [4.69, 9.17) is 0 Å². The SMILES string of the molecule is CC(C)(C)C(CBr)CN1CCC(N2CCCCC2)C1. The van der Waals surface area contributed by atoms with Crippen molar-refractivity contribution in [3.63, 3.8) is 0 Å². The van der Waals surface area contributed by atoms with Gasteiger partial charge in [-0.25, -0.2) is 0 Å². The van der Waals surface area contributed by atoms with E-state index in [1.807, 2.05) is 0 Å². The van der Waals surface area contributed by atoms with Crippen LogP contribution in [0, 0.1) is 11.3 Å². The molecule has 2 nitrogen and oxygen atoms in total. The van der Waals surface area contributed by atoms with Crippen LogP contribution in [0.25, 0.3) is 0 Å². The first-order valence-electron chi connectivity index (χ1n) is 8.03. The molecule has 0 saturated carbocycles. The molecule has 0 aromatic carbocycles. The minimum Gasteiger partial charge on any atom is -0.301 e. The van der Waals surface area contributed by atoms with Crippen LogP contribution < -0.4 is 0 Å². The van der Waals surface area contributed by atoms with Crippen molar-refractivity contribution in [3.05, 3.63) is 0 Å². The van der Waals surface area contributed by atoms with Crippen LogP contribution in [0.4, 0.5) is 0 Å². The summed E-state index contributed by atoms with van der Waals surface area (Å²) in [6.07, 6.45) is 5.67. The fourth-order valence-corrected chi connectivity index (χ4v) is 4.60. The molecule has 112 valence electrons. The molecule has 19 heavy (non-hydrogen) atoms. The second-order valence-corrected chi connectivity index (χ2v) is 8.16. The van der Waals surface area contributed by atoms with E-state index in [2.05, 4.69) is 46.5 Å². The molecule has 0 amide bonds. The fraction of sp³-hybridized carbons (Fsp3) is 1.00. The van der Waals surface area contributed by atoms with E-state index in [0.29, 0.717) is 5.41 Å². The van der Waals surface area contributed by atoms with Gasteiger partial charge >= 0.3 is 0 Å². The molecule has 2 heterocycles. The Morgan fingerprint density at radius 1 is 1.11 bits per heavy atom. The van der Waals surface area contributed by atoms with Crippen molar-refractivity contribution < 1.29 is 0 Å². The van der Waals surface area contributed by atoms with E-state index < -0.39 is 0 Å². The summed E-state index contributed by atoms with van der Waals surface area (Å²) < 4.78 is 0. The van der Waals surface area contributed by atoms with E-state index >= 15 is 0 Å². The van der Waals surface area contributed by atoms with Crippen molar-refractivity contribution in [2.45, 2.75) is 52.5 Å². The molecule has 0 aromatic rings. The maximum absolute atomic E-state index is 3.71. The summed E-state index contributed by atoms with van der Waals surface area (Å²) in [5.74, 6) is 0.757. The van der Waals surface area contributed by atoms with Crippen molar-refractivity contribution in [1.29, 1.82) is 0 Å². The summed E-state index contributed by atoms with van der Waals surface area (Å²) in [4.78, 5) is 5.46. The van der Waals surface area contributed by atoms with Gasteiger partial charge in [-0.15, -0.1) is 0 Å². The molecular weight excluding hydrogens is 300 g/mol. The number of nitrogens with zero attached hydrogens (tertiary/aromatic N) is 2. The van der Waals surface area contributed by atoms with Gasteiger partial charge in [-0.2, -0.15) is 0 Å². The topological polar surface area (TPSA) is 6.48 Å². The summed E-state index contributed by atoms with van der Waals surface area (Å²) in [7, 11) is 0. The van der Waals surface area contributed by atoms with Crippen LogP contribution in [0.1, 0.15) is 46.5 Å². The van der Waals surface area contributed by atoms with Crippen LogP contribution in [-0.4, -0.2) is 53.9 Å². The smallest absolute Gasteiger partial charge is 0.0235 e.